The van der Waals surface area contributed by atoms with E-state index in [1.165, 1.54) is 23.7 Å². The maximum atomic E-state index is 11.6. The number of nitrogens with zero attached hydrogens (tertiary/aromatic N) is 4. The van der Waals surface area contributed by atoms with Crippen molar-refractivity contribution in [3.8, 4) is 0 Å². The van der Waals surface area contributed by atoms with E-state index >= 15 is 0 Å². The molecule has 2 heterocycles. The summed E-state index contributed by atoms with van der Waals surface area (Å²) in [6.07, 6.45) is 1.22. The van der Waals surface area contributed by atoms with Crippen LogP contribution in [0.15, 0.2) is 24.5 Å². The molecule has 0 spiro atoms. The number of nitro groups is 1. The average Bonchev–Trinajstić information content (AvgIpc) is 2.87. The number of aryl methyl sites for hydroxylation is 2. The number of hydrogen-bond acceptors (Lipinski definition) is 8. The standard InChI is InChI=1S/C15H12Cl2N6O2S/c1-7-8(2)26-15(20-7)22-14-12(23(24)25)13(18-6-19-14)21-11-4-3-9(16)5-10(11)17/h3-6H,1-2H3,(H2,18,19,20,21,22). The van der Waals surface area contributed by atoms with Crippen molar-refractivity contribution in [2.24, 2.45) is 0 Å². The summed E-state index contributed by atoms with van der Waals surface area (Å²) in [7, 11) is 0. The molecular formula is C15H12Cl2N6O2S. The molecular weight excluding hydrogens is 399 g/mol. The van der Waals surface area contributed by atoms with Gasteiger partial charge in [-0.3, -0.25) is 10.1 Å². The normalized spacial score (nSPS) is 10.6. The number of hydrogen-bond donors (Lipinski definition) is 2. The first-order valence-electron chi connectivity index (χ1n) is 7.27. The van der Waals surface area contributed by atoms with Crippen LogP contribution in [0, 0.1) is 24.0 Å². The Morgan fingerprint density at radius 1 is 1.15 bits per heavy atom. The SMILES string of the molecule is Cc1nc(Nc2ncnc(Nc3ccc(Cl)cc3Cl)c2[N+](=O)[O-])sc1C. The van der Waals surface area contributed by atoms with Gasteiger partial charge in [0.15, 0.2) is 5.13 Å². The van der Waals surface area contributed by atoms with Crippen molar-refractivity contribution >= 4 is 62.7 Å². The van der Waals surface area contributed by atoms with Crippen LogP contribution < -0.4 is 10.6 Å². The van der Waals surface area contributed by atoms with Crippen molar-refractivity contribution in [3.05, 3.63) is 55.3 Å². The van der Waals surface area contributed by atoms with E-state index in [0.29, 0.717) is 20.9 Å². The highest BCUT2D eigenvalue weighted by molar-refractivity contribution is 7.15. The van der Waals surface area contributed by atoms with Crippen molar-refractivity contribution in [2.45, 2.75) is 13.8 Å². The molecule has 0 saturated heterocycles. The fraction of sp³-hybridized carbons (Fsp3) is 0.133. The molecule has 1 aromatic carbocycles. The summed E-state index contributed by atoms with van der Waals surface area (Å²) in [5.74, 6) is 0.0352. The minimum atomic E-state index is -0.568. The van der Waals surface area contributed by atoms with E-state index in [-0.39, 0.29) is 17.3 Å². The van der Waals surface area contributed by atoms with Crippen LogP contribution in [-0.2, 0) is 0 Å². The number of aromatic nitrogens is 3. The number of halogens is 2. The molecule has 0 bridgehead atoms. The Morgan fingerprint density at radius 3 is 2.42 bits per heavy atom. The first-order chi connectivity index (χ1) is 12.3. The molecule has 134 valence electrons. The van der Waals surface area contributed by atoms with E-state index in [0.717, 1.165) is 10.6 Å². The predicted octanol–water partition coefficient (Wildman–Crippen LogP) is 5.25. The maximum Gasteiger partial charge on any atom is 0.353 e. The third-order valence-electron chi connectivity index (χ3n) is 3.44. The largest absolute Gasteiger partial charge is 0.353 e. The fourth-order valence-electron chi connectivity index (χ4n) is 2.08. The van der Waals surface area contributed by atoms with E-state index in [9.17, 15) is 10.1 Å². The van der Waals surface area contributed by atoms with Crippen molar-refractivity contribution in [1.82, 2.24) is 15.0 Å². The quantitative estimate of drug-likeness (QED) is 0.436. The molecule has 0 aliphatic carbocycles. The Morgan fingerprint density at radius 2 is 1.85 bits per heavy atom. The van der Waals surface area contributed by atoms with Gasteiger partial charge in [0.05, 0.1) is 21.3 Å². The summed E-state index contributed by atoms with van der Waals surface area (Å²) in [6, 6.07) is 4.75. The van der Waals surface area contributed by atoms with Crippen LogP contribution in [-0.4, -0.2) is 19.9 Å². The topological polar surface area (TPSA) is 106 Å². The molecule has 0 aliphatic rings. The van der Waals surface area contributed by atoms with Crippen LogP contribution in [0.4, 0.5) is 28.1 Å². The van der Waals surface area contributed by atoms with E-state index in [1.54, 1.807) is 12.1 Å². The van der Waals surface area contributed by atoms with E-state index in [2.05, 4.69) is 25.6 Å². The van der Waals surface area contributed by atoms with Gasteiger partial charge in [0, 0.05) is 9.90 Å². The predicted molar refractivity (Wildman–Crippen MR) is 103 cm³/mol. The molecule has 0 atom stereocenters. The molecule has 26 heavy (non-hydrogen) atoms. The highest BCUT2D eigenvalue weighted by Crippen LogP contribution is 2.36. The summed E-state index contributed by atoms with van der Waals surface area (Å²) in [4.78, 5) is 24.3. The Balaban J connectivity index is 1.99. The summed E-state index contributed by atoms with van der Waals surface area (Å²) < 4.78 is 0. The lowest BCUT2D eigenvalue weighted by Gasteiger charge is -2.10. The monoisotopic (exact) mass is 410 g/mol. The van der Waals surface area contributed by atoms with Crippen LogP contribution in [0.25, 0.3) is 0 Å². The van der Waals surface area contributed by atoms with Gasteiger partial charge in [-0.25, -0.2) is 15.0 Å². The van der Waals surface area contributed by atoms with Gasteiger partial charge < -0.3 is 10.6 Å². The van der Waals surface area contributed by atoms with E-state index in [1.807, 2.05) is 13.8 Å². The zero-order valence-corrected chi connectivity index (χ0v) is 15.9. The van der Waals surface area contributed by atoms with Crippen LogP contribution in [0.2, 0.25) is 10.0 Å². The molecule has 3 rings (SSSR count). The minimum Gasteiger partial charge on any atom is -0.333 e. The third-order valence-corrected chi connectivity index (χ3v) is 4.98. The highest BCUT2D eigenvalue weighted by atomic mass is 35.5. The molecule has 2 N–H and O–H groups in total. The summed E-state index contributed by atoms with van der Waals surface area (Å²) in [5, 5.41) is 18.6. The Hall–Kier alpha value is -2.49. The molecule has 0 radical (unpaired) electrons. The third kappa shape index (κ3) is 3.85. The van der Waals surface area contributed by atoms with Gasteiger partial charge in [-0.15, -0.1) is 11.3 Å². The molecule has 2 aromatic heterocycles. The number of anilines is 4. The Kier molecular flexibility index (Phi) is 5.21. The van der Waals surface area contributed by atoms with Crippen LogP contribution in [0.3, 0.4) is 0 Å². The lowest BCUT2D eigenvalue weighted by molar-refractivity contribution is -0.383. The first kappa shape index (κ1) is 18.3. The van der Waals surface area contributed by atoms with Crippen molar-refractivity contribution in [3.63, 3.8) is 0 Å². The summed E-state index contributed by atoms with van der Waals surface area (Å²) in [6.45, 7) is 3.78. The van der Waals surface area contributed by atoms with Crippen molar-refractivity contribution in [1.29, 1.82) is 0 Å². The fourth-order valence-corrected chi connectivity index (χ4v) is 3.35. The molecule has 0 amide bonds. The van der Waals surface area contributed by atoms with Gasteiger partial charge in [0.1, 0.15) is 6.33 Å². The lowest BCUT2D eigenvalue weighted by atomic mass is 10.3. The molecule has 0 saturated carbocycles. The van der Waals surface area contributed by atoms with Crippen LogP contribution in [0.5, 0.6) is 0 Å². The molecule has 3 aromatic rings. The second kappa shape index (κ2) is 7.40. The number of nitrogens with one attached hydrogen (secondary N) is 2. The molecule has 0 unspecified atom stereocenters. The van der Waals surface area contributed by atoms with Gasteiger partial charge in [0.25, 0.3) is 0 Å². The number of benzene rings is 1. The molecule has 11 heteroatoms. The van der Waals surface area contributed by atoms with Crippen LogP contribution in [0.1, 0.15) is 10.6 Å². The van der Waals surface area contributed by atoms with Gasteiger partial charge in [-0.1, -0.05) is 23.2 Å². The highest BCUT2D eigenvalue weighted by Gasteiger charge is 2.24. The maximum absolute atomic E-state index is 11.6. The van der Waals surface area contributed by atoms with Gasteiger partial charge in [-0.2, -0.15) is 0 Å². The van der Waals surface area contributed by atoms with Gasteiger partial charge in [0.2, 0.25) is 11.6 Å². The zero-order chi connectivity index (χ0) is 18.8. The van der Waals surface area contributed by atoms with Crippen molar-refractivity contribution < 1.29 is 4.92 Å². The van der Waals surface area contributed by atoms with E-state index in [4.69, 9.17) is 23.2 Å². The average molecular weight is 411 g/mol. The smallest absolute Gasteiger partial charge is 0.333 e. The Labute approximate surface area is 162 Å². The van der Waals surface area contributed by atoms with Crippen LogP contribution >= 0.6 is 34.5 Å². The second-order valence-corrected chi connectivity index (χ2v) is 7.26. The van der Waals surface area contributed by atoms with E-state index < -0.39 is 4.92 Å². The summed E-state index contributed by atoms with van der Waals surface area (Å²) in [5.41, 5.74) is 0.967. The van der Waals surface area contributed by atoms with Gasteiger partial charge >= 0.3 is 5.69 Å². The molecule has 0 aliphatic heterocycles. The Bertz CT molecular complexity index is 975. The van der Waals surface area contributed by atoms with Gasteiger partial charge in [-0.05, 0) is 32.0 Å². The first-order valence-corrected chi connectivity index (χ1v) is 8.85. The molecule has 8 nitrogen and oxygen atoms in total. The minimum absolute atomic E-state index is 0.00159. The molecule has 0 fully saturated rings. The lowest BCUT2D eigenvalue weighted by Crippen LogP contribution is -2.05. The number of rotatable bonds is 5. The second-order valence-electron chi connectivity index (χ2n) is 5.21. The summed E-state index contributed by atoms with van der Waals surface area (Å²) >= 11 is 13.4. The van der Waals surface area contributed by atoms with Crippen molar-refractivity contribution in [2.75, 3.05) is 10.6 Å². The zero-order valence-electron chi connectivity index (χ0n) is 13.6. The number of thiazole rings is 1.